The first-order valence-corrected chi connectivity index (χ1v) is 24.2. The van der Waals surface area contributed by atoms with E-state index in [1.54, 1.807) is 44.2 Å². The Morgan fingerprint density at radius 2 is 1.02 bits per heavy atom. The molecule has 0 radical (unpaired) electrons. The van der Waals surface area contributed by atoms with Crippen molar-refractivity contribution in [3.8, 4) is 11.5 Å². The van der Waals surface area contributed by atoms with Crippen LogP contribution in [0, 0.1) is 0 Å². The number of carbonyl (C=O) groups is 5. The maximum absolute atomic E-state index is 12.0. The van der Waals surface area contributed by atoms with E-state index in [2.05, 4.69) is 85.6 Å². The number of carbonyl (C=O) groups excluding carboxylic acids is 5. The molecule has 56 heavy (non-hydrogen) atoms. The third-order valence-corrected chi connectivity index (χ3v) is 17.7. The fraction of sp³-hybridized carbons (Fsp3) is 0.500. The third-order valence-electron chi connectivity index (χ3n) is 8.99. The van der Waals surface area contributed by atoms with Crippen molar-refractivity contribution in [1.82, 2.24) is 0 Å². The summed E-state index contributed by atoms with van der Waals surface area (Å²) in [5, 5.41) is 10.5. The van der Waals surface area contributed by atoms with E-state index in [0.717, 1.165) is 0 Å². The highest BCUT2D eigenvalue weighted by atomic mass is 28.4. The molecule has 0 aliphatic heterocycles. The van der Waals surface area contributed by atoms with E-state index in [4.69, 9.17) is 23.1 Å². The maximum atomic E-state index is 12.0. The molecule has 12 nitrogen and oxygen atoms in total. The fourth-order valence-corrected chi connectivity index (χ4v) is 6.01. The van der Waals surface area contributed by atoms with Gasteiger partial charge in [0.05, 0.1) is 24.4 Å². The van der Waals surface area contributed by atoms with Crippen LogP contribution in [-0.4, -0.2) is 64.8 Å². The largest absolute Gasteiger partial charge is 0.543 e. The van der Waals surface area contributed by atoms with Crippen LogP contribution in [0.15, 0.2) is 72.8 Å². The molecule has 1 N–H and O–H groups in total. The van der Waals surface area contributed by atoms with Gasteiger partial charge in [-0.1, -0.05) is 79.0 Å². The summed E-state index contributed by atoms with van der Waals surface area (Å²) in [4.78, 5) is 54.9. The van der Waals surface area contributed by atoms with Crippen molar-refractivity contribution in [2.75, 3.05) is 13.2 Å². The number of hydrogen-bond acceptors (Lipinski definition) is 12. The number of hydrogen-bond donors (Lipinski definition) is 1. The molecule has 0 aliphatic carbocycles. The highest BCUT2D eigenvalue weighted by Crippen LogP contribution is 2.39. The van der Waals surface area contributed by atoms with Gasteiger partial charge in [-0.15, -0.1) is 0 Å². The van der Waals surface area contributed by atoms with Crippen LogP contribution in [0.5, 0.6) is 11.5 Å². The van der Waals surface area contributed by atoms with Crippen molar-refractivity contribution in [1.29, 1.82) is 0 Å². The molecule has 0 aliphatic rings. The summed E-state index contributed by atoms with van der Waals surface area (Å²) in [6.45, 7) is 36.6. The minimum atomic E-state index is -2.02. The summed E-state index contributed by atoms with van der Waals surface area (Å²) in [5.74, 6) is -1.42. The summed E-state index contributed by atoms with van der Waals surface area (Å²) in [7, 11) is -3.98. The van der Waals surface area contributed by atoms with Gasteiger partial charge in [0.25, 0.3) is 0 Å². The van der Waals surface area contributed by atoms with Gasteiger partial charge in [0.2, 0.25) is 16.6 Å². The number of aliphatic hydroxyl groups excluding tert-OH is 1. The predicted octanol–water partition coefficient (Wildman–Crippen LogP) is 9.11. The Labute approximate surface area is 335 Å². The predicted molar refractivity (Wildman–Crippen MR) is 222 cm³/mol. The zero-order valence-electron chi connectivity index (χ0n) is 36.0. The van der Waals surface area contributed by atoms with Crippen LogP contribution in [0.25, 0.3) is 0 Å². The van der Waals surface area contributed by atoms with Crippen molar-refractivity contribution >= 4 is 46.5 Å². The Hall–Kier alpha value is -4.54. The number of aliphatic hydroxyl groups is 1. The second-order valence-corrected chi connectivity index (χ2v) is 25.3. The van der Waals surface area contributed by atoms with E-state index >= 15 is 0 Å². The van der Waals surface area contributed by atoms with Gasteiger partial charge < -0.3 is 32.9 Å². The molecular formula is C42H64O12Si2. The highest BCUT2D eigenvalue weighted by molar-refractivity contribution is 6.75. The Balaban J connectivity index is 0.000000927. The standard InChI is InChI=1S/C20H30O5Si.C18H28O4Si.C4H6O3/c1-9-23-19(22)14(2)18(24-15(3)21)16-11-10-12-17(13-16)25-26(7,8)20(4,5)6;1-8-21-17(20)13(2)16(19)14-10-9-11-15(12-14)22-23(6,7)18(3,4)5;1-3(5)7-4(2)6/h10-13,18H,2,9H2,1,3-8H3;9-12,16,19H,2,8H2,1,3-7H3;1-2H3. The number of esters is 5. The zero-order valence-corrected chi connectivity index (χ0v) is 38.0. The lowest BCUT2D eigenvalue weighted by Gasteiger charge is -2.36. The summed E-state index contributed by atoms with van der Waals surface area (Å²) in [6.07, 6.45) is -2.01. The van der Waals surface area contributed by atoms with E-state index in [1.807, 2.05) is 18.2 Å². The monoisotopic (exact) mass is 816 g/mol. The van der Waals surface area contributed by atoms with Crippen LogP contribution in [0.1, 0.15) is 99.5 Å². The van der Waals surface area contributed by atoms with E-state index in [1.165, 1.54) is 20.8 Å². The fourth-order valence-electron chi connectivity index (χ4n) is 3.96. The molecule has 14 heteroatoms. The van der Waals surface area contributed by atoms with Crippen molar-refractivity contribution < 1.29 is 56.9 Å². The molecule has 2 aromatic carbocycles. The Morgan fingerprint density at radius 3 is 1.36 bits per heavy atom. The van der Waals surface area contributed by atoms with Gasteiger partial charge in [0.1, 0.15) is 17.6 Å². The molecule has 0 aromatic heterocycles. The van der Waals surface area contributed by atoms with Gasteiger partial charge in [-0.2, -0.15) is 0 Å². The van der Waals surface area contributed by atoms with Gasteiger partial charge in [-0.25, -0.2) is 9.59 Å². The molecule has 0 amide bonds. The third kappa shape index (κ3) is 17.5. The van der Waals surface area contributed by atoms with Crippen LogP contribution in [0.3, 0.4) is 0 Å². The van der Waals surface area contributed by atoms with Crippen molar-refractivity contribution in [2.45, 2.75) is 125 Å². The molecule has 2 atom stereocenters. The molecular weight excluding hydrogens is 753 g/mol. The molecule has 2 aromatic rings. The van der Waals surface area contributed by atoms with Crippen LogP contribution < -0.4 is 8.85 Å². The summed E-state index contributed by atoms with van der Waals surface area (Å²) >= 11 is 0. The van der Waals surface area contributed by atoms with Crippen molar-refractivity contribution in [3.05, 3.63) is 84.0 Å². The quantitative estimate of drug-likeness (QED) is 0.0672. The first kappa shape index (κ1) is 51.5. The van der Waals surface area contributed by atoms with Crippen LogP contribution in [-0.2, 0) is 42.9 Å². The van der Waals surface area contributed by atoms with Gasteiger partial charge >= 0.3 is 29.8 Å². The minimum absolute atomic E-state index is 0.0244. The van der Waals surface area contributed by atoms with Crippen LogP contribution >= 0.6 is 0 Å². The Bertz CT molecular complexity index is 1670. The molecule has 0 spiro atoms. The molecule has 0 heterocycles. The summed E-state index contributed by atoms with van der Waals surface area (Å²) in [6, 6.07) is 14.4. The molecule has 2 rings (SSSR count). The number of rotatable bonds is 13. The van der Waals surface area contributed by atoms with Gasteiger partial charge in [-0.05, 0) is 79.9 Å². The maximum Gasteiger partial charge on any atom is 0.337 e. The van der Waals surface area contributed by atoms with Crippen molar-refractivity contribution in [3.63, 3.8) is 0 Å². The molecule has 2 unspecified atom stereocenters. The number of benzene rings is 2. The lowest BCUT2D eigenvalue weighted by atomic mass is 10.0. The van der Waals surface area contributed by atoms with Gasteiger partial charge in [0, 0.05) is 26.3 Å². The normalized spacial score (nSPS) is 12.4. The first-order chi connectivity index (χ1) is 25.5. The topological polar surface area (TPSA) is 161 Å². The van der Waals surface area contributed by atoms with E-state index in [0.29, 0.717) is 22.6 Å². The minimum Gasteiger partial charge on any atom is -0.543 e. The highest BCUT2D eigenvalue weighted by Gasteiger charge is 2.40. The smallest absolute Gasteiger partial charge is 0.337 e. The molecule has 312 valence electrons. The SMILES string of the molecule is C=C(C(=O)OCC)C(O)c1cccc(O[Si](C)(C)C(C)(C)C)c1.C=C(C(=O)OCC)C(OC(C)=O)c1cccc(O[Si](C)(C)C(C)(C)C)c1.CC(=O)OC(C)=O. The number of ether oxygens (including phenoxy) is 4. The van der Waals surface area contributed by atoms with E-state index in [-0.39, 0.29) is 34.4 Å². The van der Waals surface area contributed by atoms with Gasteiger partial charge in [-0.3, -0.25) is 14.4 Å². The molecule has 0 saturated carbocycles. The van der Waals surface area contributed by atoms with Crippen LogP contribution in [0.2, 0.25) is 36.3 Å². The van der Waals surface area contributed by atoms with E-state index in [9.17, 15) is 29.1 Å². The van der Waals surface area contributed by atoms with Crippen LogP contribution in [0.4, 0.5) is 0 Å². The average Bonchev–Trinajstić information content (AvgIpc) is 3.05. The average molecular weight is 817 g/mol. The molecule has 0 fully saturated rings. The second kappa shape index (κ2) is 22.3. The Morgan fingerprint density at radius 1 is 0.643 bits per heavy atom. The lowest BCUT2D eigenvalue weighted by molar-refractivity contribution is -0.156. The molecule has 0 bridgehead atoms. The van der Waals surface area contributed by atoms with E-state index < -0.39 is 58.7 Å². The second-order valence-electron chi connectivity index (χ2n) is 15.8. The van der Waals surface area contributed by atoms with Gasteiger partial charge in [0.15, 0.2) is 6.10 Å². The zero-order chi connectivity index (χ0) is 43.8. The lowest BCUT2D eigenvalue weighted by Crippen LogP contribution is -2.43. The summed E-state index contributed by atoms with van der Waals surface area (Å²) in [5.41, 5.74) is 1.29. The Kier molecular flexibility index (Phi) is 20.5. The first-order valence-electron chi connectivity index (χ1n) is 18.3. The van der Waals surface area contributed by atoms with Crippen molar-refractivity contribution in [2.24, 2.45) is 0 Å². The summed E-state index contributed by atoms with van der Waals surface area (Å²) < 4.78 is 31.7. The molecule has 0 saturated heterocycles.